The number of hydrogen-bond acceptors (Lipinski definition) is 3. The highest BCUT2D eigenvalue weighted by atomic mass is 16.5. The number of carbonyl (C=O) groups is 1. The van der Waals surface area contributed by atoms with Crippen molar-refractivity contribution in [2.45, 2.75) is 38.8 Å². The molecule has 1 heterocycles. The SMILES string of the molecule is COc1cccc(NC(=O)NCc2cccc(CN3CCCCCC3)c2)c1. The van der Waals surface area contributed by atoms with Crippen LogP contribution in [0.4, 0.5) is 10.5 Å². The summed E-state index contributed by atoms with van der Waals surface area (Å²) in [6.07, 6.45) is 5.29. The van der Waals surface area contributed by atoms with Crippen LogP contribution in [0.5, 0.6) is 5.75 Å². The van der Waals surface area contributed by atoms with Crippen LogP contribution < -0.4 is 15.4 Å². The predicted molar refractivity (Wildman–Crippen MR) is 109 cm³/mol. The molecule has 0 radical (unpaired) electrons. The molecule has 27 heavy (non-hydrogen) atoms. The van der Waals surface area contributed by atoms with Gasteiger partial charge in [0.1, 0.15) is 5.75 Å². The Kier molecular flexibility index (Phi) is 7.11. The zero-order chi connectivity index (χ0) is 18.9. The number of urea groups is 1. The van der Waals surface area contributed by atoms with E-state index in [4.69, 9.17) is 4.74 Å². The third kappa shape index (κ3) is 6.29. The summed E-state index contributed by atoms with van der Waals surface area (Å²) in [6.45, 7) is 3.87. The summed E-state index contributed by atoms with van der Waals surface area (Å²) in [7, 11) is 1.61. The summed E-state index contributed by atoms with van der Waals surface area (Å²) >= 11 is 0. The first-order chi connectivity index (χ1) is 13.2. The highest BCUT2D eigenvalue weighted by Crippen LogP contribution is 2.17. The lowest BCUT2D eigenvalue weighted by Crippen LogP contribution is -2.28. The van der Waals surface area contributed by atoms with Crippen molar-refractivity contribution in [3.63, 3.8) is 0 Å². The topological polar surface area (TPSA) is 53.6 Å². The standard InChI is InChI=1S/C22H29N3O2/c1-27-21-11-7-10-20(15-21)24-22(26)23-16-18-8-6-9-19(14-18)17-25-12-4-2-3-5-13-25/h6-11,14-15H,2-5,12-13,16-17H2,1H3,(H2,23,24,26). The van der Waals surface area contributed by atoms with E-state index in [2.05, 4.69) is 39.8 Å². The molecule has 0 unspecified atom stereocenters. The summed E-state index contributed by atoms with van der Waals surface area (Å²) in [5, 5.41) is 5.76. The number of anilines is 1. The molecule has 5 heteroatoms. The molecule has 5 nitrogen and oxygen atoms in total. The number of carbonyl (C=O) groups excluding carboxylic acids is 1. The number of nitrogens with one attached hydrogen (secondary N) is 2. The first-order valence-corrected chi connectivity index (χ1v) is 9.72. The number of methoxy groups -OCH3 is 1. The average Bonchev–Trinajstić information content (AvgIpc) is 2.95. The van der Waals surface area contributed by atoms with E-state index >= 15 is 0 Å². The molecule has 2 N–H and O–H groups in total. The van der Waals surface area contributed by atoms with Gasteiger partial charge in [-0.25, -0.2) is 4.79 Å². The minimum atomic E-state index is -0.221. The number of ether oxygens (including phenoxy) is 1. The second-order valence-corrected chi connectivity index (χ2v) is 7.05. The van der Waals surface area contributed by atoms with Gasteiger partial charge in [-0.2, -0.15) is 0 Å². The molecule has 2 aromatic rings. The van der Waals surface area contributed by atoms with Crippen LogP contribution in [0.2, 0.25) is 0 Å². The van der Waals surface area contributed by atoms with Crippen molar-refractivity contribution in [3.8, 4) is 5.75 Å². The first-order valence-electron chi connectivity index (χ1n) is 9.72. The maximum atomic E-state index is 12.2. The van der Waals surface area contributed by atoms with Gasteiger partial charge in [0, 0.05) is 24.8 Å². The van der Waals surface area contributed by atoms with Crippen LogP contribution in [0.25, 0.3) is 0 Å². The normalized spacial score (nSPS) is 15.0. The van der Waals surface area contributed by atoms with Crippen molar-refractivity contribution >= 4 is 11.7 Å². The fourth-order valence-electron chi connectivity index (χ4n) is 3.45. The number of rotatable bonds is 6. The van der Waals surface area contributed by atoms with Crippen LogP contribution in [0.15, 0.2) is 48.5 Å². The molecule has 1 aliphatic rings. The quantitative estimate of drug-likeness (QED) is 0.796. The molecule has 0 aromatic heterocycles. The fourth-order valence-corrected chi connectivity index (χ4v) is 3.45. The van der Waals surface area contributed by atoms with Crippen LogP contribution in [-0.2, 0) is 13.1 Å². The minimum absolute atomic E-state index is 0.221. The summed E-state index contributed by atoms with van der Waals surface area (Å²) in [6, 6.07) is 15.6. The van der Waals surface area contributed by atoms with Crippen LogP contribution >= 0.6 is 0 Å². The molecular weight excluding hydrogens is 338 g/mol. The largest absolute Gasteiger partial charge is 0.497 e. The van der Waals surface area contributed by atoms with E-state index in [0.29, 0.717) is 18.0 Å². The van der Waals surface area contributed by atoms with Crippen molar-refractivity contribution < 1.29 is 9.53 Å². The molecule has 0 saturated carbocycles. The van der Waals surface area contributed by atoms with E-state index in [9.17, 15) is 4.79 Å². The Labute approximate surface area is 161 Å². The van der Waals surface area contributed by atoms with E-state index in [1.165, 1.54) is 44.3 Å². The van der Waals surface area contributed by atoms with E-state index in [0.717, 1.165) is 12.1 Å². The van der Waals surface area contributed by atoms with Crippen molar-refractivity contribution in [2.24, 2.45) is 0 Å². The number of amides is 2. The Balaban J connectivity index is 1.50. The maximum absolute atomic E-state index is 12.2. The minimum Gasteiger partial charge on any atom is -0.497 e. The van der Waals surface area contributed by atoms with Gasteiger partial charge in [0.25, 0.3) is 0 Å². The van der Waals surface area contributed by atoms with Crippen LogP contribution in [0.1, 0.15) is 36.8 Å². The van der Waals surface area contributed by atoms with Gasteiger partial charge >= 0.3 is 6.03 Å². The number of likely N-dealkylation sites (tertiary alicyclic amines) is 1. The van der Waals surface area contributed by atoms with E-state index in [1.54, 1.807) is 13.2 Å². The lowest BCUT2D eigenvalue weighted by atomic mass is 10.1. The van der Waals surface area contributed by atoms with Gasteiger partial charge in [-0.15, -0.1) is 0 Å². The van der Waals surface area contributed by atoms with Crippen LogP contribution in [0, 0.1) is 0 Å². The van der Waals surface area contributed by atoms with Crippen LogP contribution in [-0.4, -0.2) is 31.1 Å². The second kappa shape index (κ2) is 9.97. The monoisotopic (exact) mass is 367 g/mol. The molecule has 2 aromatic carbocycles. The fraction of sp³-hybridized carbons (Fsp3) is 0.409. The lowest BCUT2D eigenvalue weighted by Gasteiger charge is -2.20. The van der Waals surface area contributed by atoms with Crippen molar-refractivity contribution in [1.29, 1.82) is 0 Å². The summed E-state index contributed by atoms with van der Waals surface area (Å²) in [5.41, 5.74) is 3.13. The number of nitrogens with zero attached hydrogens (tertiary/aromatic N) is 1. The molecule has 1 aliphatic heterocycles. The van der Waals surface area contributed by atoms with Crippen molar-refractivity contribution in [1.82, 2.24) is 10.2 Å². The Morgan fingerprint density at radius 1 is 1.00 bits per heavy atom. The first kappa shape index (κ1) is 19.2. The molecule has 0 atom stereocenters. The van der Waals surface area contributed by atoms with Gasteiger partial charge in [0.2, 0.25) is 0 Å². The van der Waals surface area contributed by atoms with Gasteiger partial charge < -0.3 is 15.4 Å². The zero-order valence-electron chi connectivity index (χ0n) is 16.0. The van der Waals surface area contributed by atoms with Crippen molar-refractivity contribution in [2.75, 3.05) is 25.5 Å². The Bertz CT molecular complexity index is 740. The molecule has 0 aliphatic carbocycles. The molecule has 2 amide bonds. The van der Waals surface area contributed by atoms with Crippen molar-refractivity contribution in [3.05, 3.63) is 59.7 Å². The Morgan fingerprint density at radius 2 is 1.74 bits per heavy atom. The highest BCUT2D eigenvalue weighted by molar-refractivity contribution is 5.89. The Hall–Kier alpha value is -2.53. The molecule has 0 bridgehead atoms. The van der Waals surface area contributed by atoms with E-state index in [1.807, 2.05) is 18.2 Å². The zero-order valence-corrected chi connectivity index (χ0v) is 16.0. The summed E-state index contributed by atoms with van der Waals surface area (Å²) < 4.78 is 5.17. The van der Waals surface area contributed by atoms with Gasteiger partial charge in [0.05, 0.1) is 7.11 Å². The Morgan fingerprint density at radius 3 is 2.52 bits per heavy atom. The lowest BCUT2D eigenvalue weighted by molar-refractivity contribution is 0.251. The predicted octanol–water partition coefficient (Wildman–Crippen LogP) is 4.39. The molecule has 144 valence electrons. The van der Waals surface area contributed by atoms with Gasteiger partial charge in [-0.3, -0.25) is 4.90 Å². The maximum Gasteiger partial charge on any atom is 0.319 e. The van der Waals surface area contributed by atoms with Crippen LogP contribution in [0.3, 0.4) is 0 Å². The van der Waals surface area contributed by atoms with E-state index < -0.39 is 0 Å². The van der Waals surface area contributed by atoms with E-state index in [-0.39, 0.29) is 6.03 Å². The molecule has 3 rings (SSSR count). The number of hydrogen-bond donors (Lipinski definition) is 2. The molecule has 1 saturated heterocycles. The smallest absolute Gasteiger partial charge is 0.319 e. The second-order valence-electron chi connectivity index (χ2n) is 7.05. The molecule has 0 spiro atoms. The molecule has 1 fully saturated rings. The van der Waals surface area contributed by atoms with Gasteiger partial charge in [0.15, 0.2) is 0 Å². The summed E-state index contributed by atoms with van der Waals surface area (Å²) in [4.78, 5) is 14.7. The number of benzene rings is 2. The van der Waals surface area contributed by atoms with Gasteiger partial charge in [-0.05, 0) is 49.2 Å². The highest BCUT2D eigenvalue weighted by Gasteiger charge is 2.10. The third-order valence-electron chi connectivity index (χ3n) is 4.88. The average molecular weight is 367 g/mol. The summed E-state index contributed by atoms with van der Waals surface area (Å²) in [5.74, 6) is 0.717. The molecular formula is C22H29N3O2. The van der Waals surface area contributed by atoms with Gasteiger partial charge in [-0.1, -0.05) is 43.2 Å². The third-order valence-corrected chi connectivity index (χ3v) is 4.88.